The number of nitrogens with one attached hydrogen (secondary N) is 1. The minimum Gasteiger partial charge on any atom is -0.320 e. The molecule has 1 rings (SSSR count). The van der Waals surface area contributed by atoms with E-state index < -0.39 is 22.0 Å². The van der Waals surface area contributed by atoms with Gasteiger partial charge in [-0.2, -0.15) is 0 Å². The highest BCUT2D eigenvalue weighted by Gasteiger charge is 2.20. The second kappa shape index (κ2) is 5.60. The molecule has 3 N–H and O–H groups in total. The quantitative estimate of drug-likeness (QED) is 0.744. The Hall–Kier alpha value is -1.66. The Labute approximate surface area is 100 Å². The van der Waals surface area contributed by atoms with Crippen molar-refractivity contribution in [1.29, 1.82) is 0 Å². The van der Waals surface area contributed by atoms with Crippen LogP contribution < -0.4 is 10.5 Å². The zero-order valence-corrected chi connectivity index (χ0v) is 9.98. The molecule has 17 heavy (non-hydrogen) atoms. The molecule has 1 aromatic rings. The van der Waals surface area contributed by atoms with Crippen molar-refractivity contribution >= 4 is 15.9 Å². The Bertz CT molecular complexity index is 497. The summed E-state index contributed by atoms with van der Waals surface area (Å²) >= 11 is 0. The molecule has 5 nitrogen and oxygen atoms in total. The van der Waals surface area contributed by atoms with Crippen molar-refractivity contribution in [3.05, 3.63) is 43.0 Å². The minimum atomic E-state index is -3.84. The topological polar surface area (TPSA) is 89.3 Å². The highest BCUT2D eigenvalue weighted by atomic mass is 32.2. The van der Waals surface area contributed by atoms with E-state index in [1.54, 1.807) is 18.2 Å². The van der Waals surface area contributed by atoms with Gasteiger partial charge in [0.25, 0.3) is 15.9 Å². The van der Waals surface area contributed by atoms with Crippen LogP contribution in [0.5, 0.6) is 0 Å². The number of nitrogens with two attached hydrogens (primary N) is 1. The van der Waals surface area contributed by atoms with Crippen molar-refractivity contribution in [3.8, 4) is 0 Å². The number of sulfonamides is 1. The maximum Gasteiger partial charge on any atom is 0.264 e. The summed E-state index contributed by atoms with van der Waals surface area (Å²) < 4.78 is 25.4. The SMILES string of the molecule is C=CCC(N)C(=O)NS(=O)(=O)c1ccccc1. The van der Waals surface area contributed by atoms with Gasteiger partial charge in [-0.3, -0.25) is 4.79 Å². The third-order valence-electron chi connectivity index (χ3n) is 2.05. The number of amides is 1. The second-order valence-electron chi connectivity index (χ2n) is 3.41. The first kappa shape index (κ1) is 13.4. The largest absolute Gasteiger partial charge is 0.320 e. The summed E-state index contributed by atoms with van der Waals surface area (Å²) in [5, 5.41) is 0. The number of rotatable bonds is 5. The molecule has 1 unspecified atom stereocenters. The van der Waals surface area contributed by atoms with E-state index >= 15 is 0 Å². The van der Waals surface area contributed by atoms with Crippen LogP contribution in [0.3, 0.4) is 0 Å². The first-order chi connectivity index (χ1) is 7.97. The highest BCUT2D eigenvalue weighted by molar-refractivity contribution is 7.90. The molecule has 0 aliphatic heterocycles. The average Bonchev–Trinajstić information content (AvgIpc) is 2.30. The van der Waals surface area contributed by atoms with Gasteiger partial charge in [-0.15, -0.1) is 6.58 Å². The van der Waals surface area contributed by atoms with Crippen molar-refractivity contribution < 1.29 is 13.2 Å². The molecule has 0 saturated heterocycles. The molecule has 0 saturated carbocycles. The van der Waals surface area contributed by atoms with Crippen LogP contribution in [0, 0.1) is 0 Å². The van der Waals surface area contributed by atoms with Gasteiger partial charge in [-0.05, 0) is 18.6 Å². The van der Waals surface area contributed by atoms with Crippen molar-refractivity contribution in [3.63, 3.8) is 0 Å². The van der Waals surface area contributed by atoms with Crippen LogP contribution in [0.2, 0.25) is 0 Å². The predicted octanol–water partition coefficient (Wildman–Crippen LogP) is 0.395. The maximum atomic E-state index is 11.7. The molecular weight excluding hydrogens is 240 g/mol. The van der Waals surface area contributed by atoms with Crippen LogP contribution in [0.4, 0.5) is 0 Å². The van der Waals surface area contributed by atoms with Gasteiger partial charge in [0.1, 0.15) is 0 Å². The summed E-state index contributed by atoms with van der Waals surface area (Å²) in [7, 11) is -3.84. The molecule has 0 radical (unpaired) electrons. The fourth-order valence-electron chi connectivity index (χ4n) is 1.15. The Morgan fingerprint density at radius 1 is 1.41 bits per heavy atom. The summed E-state index contributed by atoms with van der Waals surface area (Å²) in [5.41, 5.74) is 5.47. The summed E-state index contributed by atoms with van der Waals surface area (Å²) in [5.74, 6) is -0.742. The summed E-state index contributed by atoms with van der Waals surface area (Å²) in [4.78, 5) is 11.5. The summed E-state index contributed by atoms with van der Waals surface area (Å²) in [6, 6.07) is 6.71. The fraction of sp³-hybridized carbons (Fsp3) is 0.182. The first-order valence-electron chi connectivity index (χ1n) is 4.95. The lowest BCUT2D eigenvalue weighted by molar-refractivity contribution is -0.120. The highest BCUT2D eigenvalue weighted by Crippen LogP contribution is 2.07. The maximum absolute atomic E-state index is 11.7. The normalized spacial score (nSPS) is 12.8. The van der Waals surface area contributed by atoms with Crippen LogP contribution in [0.15, 0.2) is 47.9 Å². The predicted molar refractivity (Wildman–Crippen MR) is 64.6 cm³/mol. The molecule has 0 aliphatic rings. The van der Waals surface area contributed by atoms with Gasteiger partial charge < -0.3 is 5.73 Å². The third kappa shape index (κ3) is 3.69. The van der Waals surface area contributed by atoms with Crippen LogP contribution in [-0.4, -0.2) is 20.4 Å². The van der Waals surface area contributed by atoms with Gasteiger partial charge in [-0.1, -0.05) is 24.3 Å². The molecule has 0 aliphatic carbocycles. The Balaban J connectivity index is 2.81. The third-order valence-corrected chi connectivity index (χ3v) is 3.41. The van der Waals surface area contributed by atoms with Gasteiger partial charge in [-0.25, -0.2) is 13.1 Å². The zero-order chi connectivity index (χ0) is 12.9. The molecule has 0 heterocycles. The molecule has 0 spiro atoms. The van der Waals surface area contributed by atoms with E-state index in [-0.39, 0.29) is 11.3 Å². The monoisotopic (exact) mass is 254 g/mol. The van der Waals surface area contributed by atoms with Gasteiger partial charge in [0.05, 0.1) is 10.9 Å². The molecule has 1 aromatic carbocycles. The van der Waals surface area contributed by atoms with Crippen molar-refractivity contribution in [2.75, 3.05) is 0 Å². The van der Waals surface area contributed by atoms with E-state index in [4.69, 9.17) is 5.73 Å². The Kier molecular flexibility index (Phi) is 4.42. The van der Waals surface area contributed by atoms with Crippen LogP contribution in [0.1, 0.15) is 6.42 Å². The Morgan fingerprint density at radius 2 is 2.00 bits per heavy atom. The van der Waals surface area contributed by atoms with Crippen LogP contribution in [-0.2, 0) is 14.8 Å². The molecule has 0 aromatic heterocycles. The van der Waals surface area contributed by atoms with E-state index in [0.29, 0.717) is 0 Å². The van der Waals surface area contributed by atoms with Gasteiger partial charge in [0.15, 0.2) is 0 Å². The molecule has 0 bridgehead atoms. The Morgan fingerprint density at radius 3 is 2.53 bits per heavy atom. The standard InChI is InChI=1S/C11H14N2O3S/c1-2-6-10(12)11(14)13-17(15,16)9-7-4-3-5-8-9/h2-5,7-8,10H,1,6,12H2,(H,13,14). The lowest BCUT2D eigenvalue weighted by Crippen LogP contribution is -2.43. The zero-order valence-electron chi connectivity index (χ0n) is 9.17. The lowest BCUT2D eigenvalue weighted by atomic mass is 10.2. The number of carbonyl (C=O) groups excluding carboxylic acids is 1. The minimum absolute atomic E-state index is 0.0270. The number of benzene rings is 1. The molecule has 6 heteroatoms. The van der Waals surface area contributed by atoms with E-state index in [1.165, 1.54) is 18.2 Å². The molecule has 0 fully saturated rings. The van der Waals surface area contributed by atoms with Crippen molar-refractivity contribution in [1.82, 2.24) is 4.72 Å². The van der Waals surface area contributed by atoms with E-state index in [9.17, 15) is 13.2 Å². The second-order valence-corrected chi connectivity index (χ2v) is 5.10. The van der Waals surface area contributed by atoms with Crippen molar-refractivity contribution in [2.45, 2.75) is 17.4 Å². The number of hydrogen-bond donors (Lipinski definition) is 2. The molecule has 1 amide bonds. The molecule has 92 valence electrons. The average molecular weight is 254 g/mol. The fourth-order valence-corrected chi connectivity index (χ4v) is 2.20. The van der Waals surface area contributed by atoms with Gasteiger partial charge >= 0.3 is 0 Å². The van der Waals surface area contributed by atoms with Crippen molar-refractivity contribution in [2.24, 2.45) is 5.73 Å². The van der Waals surface area contributed by atoms with E-state index in [0.717, 1.165) is 0 Å². The number of carbonyl (C=O) groups is 1. The van der Waals surface area contributed by atoms with Crippen LogP contribution in [0.25, 0.3) is 0 Å². The summed E-state index contributed by atoms with van der Waals surface area (Å²) in [6.45, 7) is 3.43. The van der Waals surface area contributed by atoms with E-state index in [2.05, 4.69) is 6.58 Å². The lowest BCUT2D eigenvalue weighted by Gasteiger charge is -2.10. The van der Waals surface area contributed by atoms with Crippen LogP contribution >= 0.6 is 0 Å². The molecular formula is C11H14N2O3S. The molecule has 1 atom stereocenters. The smallest absolute Gasteiger partial charge is 0.264 e. The first-order valence-corrected chi connectivity index (χ1v) is 6.44. The van der Waals surface area contributed by atoms with Gasteiger partial charge in [0.2, 0.25) is 0 Å². The van der Waals surface area contributed by atoms with Gasteiger partial charge in [0, 0.05) is 0 Å². The summed E-state index contributed by atoms with van der Waals surface area (Å²) in [6.07, 6.45) is 1.68. The van der Waals surface area contributed by atoms with E-state index in [1.807, 2.05) is 4.72 Å². The number of hydrogen-bond acceptors (Lipinski definition) is 4.